The van der Waals surface area contributed by atoms with Crippen LogP contribution in [0.15, 0.2) is 61.6 Å². The van der Waals surface area contributed by atoms with Crippen molar-refractivity contribution in [3.8, 4) is 11.3 Å². The van der Waals surface area contributed by atoms with Crippen molar-refractivity contribution in [3.05, 3.63) is 72.2 Å². The van der Waals surface area contributed by atoms with E-state index in [4.69, 9.17) is 22.4 Å². The molecule has 188 valence electrons. The van der Waals surface area contributed by atoms with Crippen LogP contribution in [0.5, 0.6) is 0 Å². The fourth-order valence-corrected chi connectivity index (χ4v) is 5.04. The first kappa shape index (κ1) is 24.4. The molecule has 0 saturated carbocycles. The summed E-state index contributed by atoms with van der Waals surface area (Å²) < 4.78 is 1.81. The van der Waals surface area contributed by atoms with Gasteiger partial charge in [-0.15, -0.1) is 0 Å². The summed E-state index contributed by atoms with van der Waals surface area (Å²) in [5.74, 6) is 0.244. The first-order chi connectivity index (χ1) is 17.9. The summed E-state index contributed by atoms with van der Waals surface area (Å²) in [7, 11) is 0. The standard InChI is InChI=1S/C26H25ClN8O2/c1-3-21(36)34-12-6-7-19(15(34)2)35-25-22(24(28)30-14-31-25)23(33-35)17-10-9-16(13-18(17)27)26(37)32-20-8-4-5-11-29-20/h3-5,8-11,13-15,19H,1,6-7,12H2,2H3,(H2,28,30,31)(H,29,32,37)/t15-,19?/m1/s1. The minimum atomic E-state index is -0.339. The first-order valence-electron chi connectivity index (χ1n) is 11.8. The number of rotatable bonds is 5. The average molecular weight is 517 g/mol. The zero-order valence-corrected chi connectivity index (χ0v) is 20.9. The maximum Gasteiger partial charge on any atom is 0.256 e. The van der Waals surface area contributed by atoms with Crippen LogP contribution < -0.4 is 11.1 Å². The number of amides is 2. The average Bonchev–Trinajstić information content (AvgIpc) is 3.29. The van der Waals surface area contributed by atoms with Crippen molar-refractivity contribution in [2.75, 3.05) is 17.6 Å². The Morgan fingerprint density at radius 1 is 1.22 bits per heavy atom. The summed E-state index contributed by atoms with van der Waals surface area (Å²) in [4.78, 5) is 39.7. The van der Waals surface area contributed by atoms with Crippen molar-refractivity contribution in [1.82, 2.24) is 29.6 Å². The van der Waals surface area contributed by atoms with Crippen molar-refractivity contribution in [2.45, 2.75) is 31.8 Å². The van der Waals surface area contributed by atoms with Gasteiger partial charge in [-0.2, -0.15) is 5.10 Å². The molecule has 0 radical (unpaired) electrons. The molecule has 2 amide bonds. The molecule has 0 aliphatic carbocycles. The van der Waals surface area contributed by atoms with E-state index in [1.54, 1.807) is 47.5 Å². The Bertz CT molecular complexity index is 1500. The predicted molar refractivity (Wildman–Crippen MR) is 142 cm³/mol. The highest BCUT2D eigenvalue weighted by atomic mass is 35.5. The summed E-state index contributed by atoms with van der Waals surface area (Å²) >= 11 is 6.68. The Morgan fingerprint density at radius 3 is 2.78 bits per heavy atom. The number of nitrogens with one attached hydrogen (secondary N) is 1. The van der Waals surface area contributed by atoms with Crippen LogP contribution in [-0.2, 0) is 4.79 Å². The van der Waals surface area contributed by atoms with E-state index < -0.39 is 0 Å². The summed E-state index contributed by atoms with van der Waals surface area (Å²) in [6.07, 6.45) is 5.94. The molecule has 4 aromatic rings. The molecule has 1 fully saturated rings. The highest BCUT2D eigenvalue weighted by molar-refractivity contribution is 6.34. The van der Waals surface area contributed by atoms with Gasteiger partial charge in [-0.25, -0.2) is 19.6 Å². The molecule has 11 heteroatoms. The number of likely N-dealkylation sites (tertiary alicyclic amines) is 1. The molecule has 1 saturated heterocycles. The molecule has 10 nitrogen and oxygen atoms in total. The van der Waals surface area contributed by atoms with Gasteiger partial charge in [0.2, 0.25) is 5.91 Å². The van der Waals surface area contributed by atoms with Gasteiger partial charge in [0, 0.05) is 23.9 Å². The third-order valence-corrected chi connectivity index (χ3v) is 6.94. The second-order valence-corrected chi connectivity index (χ2v) is 9.21. The number of carbonyl (C=O) groups is 2. The highest BCUT2D eigenvalue weighted by Gasteiger charge is 2.34. The van der Waals surface area contributed by atoms with E-state index in [0.717, 1.165) is 12.8 Å². The van der Waals surface area contributed by atoms with Crippen molar-refractivity contribution in [1.29, 1.82) is 0 Å². The SMILES string of the molecule is C=CC(=O)N1CCCC(n2nc(-c3ccc(C(=O)Nc4ccccn4)cc3Cl)c3c(N)ncnc32)[C@H]1C. The number of piperidine rings is 1. The van der Waals surface area contributed by atoms with Crippen LogP contribution in [-0.4, -0.2) is 54.0 Å². The van der Waals surface area contributed by atoms with Crippen molar-refractivity contribution < 1.29 is 9.59 Å². The molecule has 1 aliphatic heterocycles. The van der Waals surface area contributed by atoms with Gasteiger partial charge in [0.1, 0.15) is 23.7 Å². The molecular weight excluding hydrogens is 492 g/mol. The fraction of sp³-hybridized carbons (Fsp3) is 0.231. The van der Waals surface area contributed by atoms with Crippen LogP contribution in [0.3, 0.4) is 0 Å². The molecule has 37 heavy (non-hydrogen) atoms. The Labute approximate surface area is 218 Å². The Balaban J connectivity index is 1.54. The number of halogens is 1. The van der Waals surface area contributed by atoms with E-state index in [9.17, 15) is 9.59 Å². The van der Waals surface area contributed by atoms with Gasteiger partial charge >= 0.3 is 0 Å². The highest BCUT2D eigenvalue weighted by Crippen LogP contribution is 2.38. The molecular formula is C26H25ClN8O2. The van der Waals surface area contributed by atoms with Gasteiger partial charge in [-0.05, 0) is 50.1 Å². The number of aromatic nitrogens is 5. The lowest BCUT2D eigenvalue weighted by Crippen LogP contribution is -2.47. The summed E-state index contributed by atoms with van der Waals surface area (Å²) in [6.45, 7) is 6.27. The molecule has 1 aromatic carbocycles. The van der Waals surface area contributed by atoms with Gasteiger partial charge in [-0.3, -0.25) is 9.59 Å². The van der Waals surface area contributed by atoms with Gasteiger partial charge < -0.3 is 16.0 Å². The molecule has 3 N–H and O–H groups in total. The van der Waals surface area contributed by atoms with Crippen molar-refractivity contribution in [3.63, 3.8) is 0 Å². The zero-order chi connectivity index (χ0) is 26.1. The van der Waals surface area contributed by atoms with Crippen molar-refractivity contribution >= 4 is 46.1 Å². The molecule has 3 aromatic heterocycles. The number of anilines is 2. The van der Waals surface area contributed by atoms with E-state index in [-0.39, 0.29) is 29.7 Å². The van der Waals surface area contributed by atoms with Crippen LogP contribution >= 0.6 is 11.6 Å². The van der Waals surface area contributed by atoms with Crippen LogP contribution in [0, 0.1) is 0 Å². The van der Waals surface area contributed by atoms with Gasteiger partial charge in [0.25, 0.3) is 5.91 Å². The molecule has 0 bridgehead atoms. The first-order valence-corrected chi connectivity index (χ1v) is 12.2. The molecule has 4 heterocycles. The third kappa shape index (κ3) is 4.51. The van der Waals surface area contributed by atoms with Gasteiger partial charge in [0.15, 0.2) is 5.65 Å². The number of benzene rings is 1. The minimum Gasteiger partial charge on any atom is -0.383 e. The van der Waals surface area contributed by atoms with E-state index in [0.29, 0.717) is 45.2 Å². The topological polar surface area (TPSA) is 132 Å². The second kappa shape index (κ2) is 9.98. The normalized spacial score (nSPS) is 17.5. The maximum absolute atomic E-state index is 12.7. The maximum atomic E-state index is 12.7. The van der Waals surface area contributed by atoms with Crippen LogP contribution in [0.25, 0.3) is 22.3 Å². The number of hydrogen-bond acceptors (Lipinski definition) is 7. The largest absolute Gasteiger partial charge is 0.383 e. The Morgan fingerprint density at radius 2 is 2.05 bits per heavy atom. The molecule has 5 rings (SSSR count). The van der Waals surface area contributed by atoms with Crippen LogP contribution in [0.4, 0.5) is 11.6 Å². The monoisotopic (exact) mass is 516 g/mol. The molecule has 1 unspecified atom stereocenters. The number of pyridine rings is 1. The van der Waals surface area contributed by atoms with Crippen molar-refractivity contribution in [2.24, 2.45) is 0 Å². The van der Waals surface area contributed by atoms with E-state index in [2.05, 4.69) is 26.8 Å². The van der Waals surface area contributed by atoms with Gasteiger partial charge in [-0.1, -0.05) is 30.3 Å². The number of hydrogen-bond donors (Lipinski definition) is 2. The predicted octanol–water partition coefficient (Wildman–Crippen LogP) is 4.11. The summed E-state index contributed by atoms with van der Waals surface area (Å²) in [5.41, 5.74) is 8.31. The number of nitrogens with two attached hydrogens (primary N) is 1. The Kier molecular flexibility index (Phi) is 6.58. The fourth-order valence-electron chi connectivity index (χ4n) is 4.77. The third-order valence-electron chi connectivity index (χ3n) is 6.63. The van der Waals surface area contributed by atoms with Crippen LogP contribution in [0.2, 0.25) is 5.02 Å². The van der Waals surface area contributed by atoms with E-state index in [1.165, 1.54) is 12.4 Å². The smallest absolute Gasteiger partial charge is 0.256 e. The number of carbonyl (C=O) groups excluding carboxylic acids is 2. The number of nitrogens with zero attached hydrogens (tertiary/aromatic N) is 6. The van der Waals surface area contributed by atoms with Gasteiger partial charge in [0.05, 0.1) is 22.5 Å². The molecule has 2 atom stereocenters. The summed E-state index contributed by atoms with van der Waals surface area (Å²) in [5, 5.41) is 8.53. The zero-order valence-electron chi connectivity index (χ0n) is 20.1. The van der Waals surface area contributed by atoms with Crippen LogP contribution in [0.1, 0.15) is 36.2 Å². The molecule has 1 aliphatic rings. The number of nitrogen functional groups attached to an aromatic ring is 1. The second-order valence-electron chi connectivity index (χ2n) is 8.80. The molecule has 0 spiro atoms. The lowest BCUT2D eigenvalue weighted by atomic mass is 9.97. The number of fused-ring (bicyclic) bond motifs is 1. The quantitative estimate of drug-likeness (QED) is 0.381. The van der Waals surface area contributed by atoms with E-state index in [1.807, 2.05) is 11.6 Å². The van der Waals surface area contributed by atoms with E-state index >= 15 is 0 Å². The lowest BCUT2D eigenvalue weighted by Gasteiger charge is -2.39. The lowest BCUT2D eigenvalue weighted by molar-refractivity contribution is -0.130. The Hall–Kier alpha value is -4.31. The minimum absolute atomic E-state index is 0.120. The summed E-state index contributed by atoms with van der Waals surface area (Å²) in [6, 6.07) is 9.95.